The third-order valence-electron chi connectivity index (χ3n) is 1.61. The van der Waals surface area contributed by atoms with E-state index in [-0.39, 0.29) is 11.8 Å². The number of ether oxygens (including phenoxy) is 1. The third-order valence-corrected chi connectivity index (χ3v) is 1.61. The molecule has 1 heterocycles. The predicted octanol–water partition coefficient (Wildman–Crippen LogP) is 1.70. The Morgan fingerprint density at radius 2 is 2.00 bits per heavy atom. The van der Waals surface area contributed by atoms with Gasteiger partial charge in [0.05, 0.1) is 0 Å². The number of hydrogen-bond acceptors (Lipinski definition) is 4. The van der Waals surface area contributed by atoms with Crippen LogP contribution in [-0.4, -0.2) is 22.2 Å². The molecular formula is C8H10F3N3O. The Kier molecular flexibility index (Phi) is 3.01. The number of rotatable bonds is 2. The highest BCUT2D eigenvalue weighted by Gasteiger charge is 2.38. The van der Waals surface area contributed by atoms with Crippen molar-refractivity contribution in [3.8, 4) is 5.88 Å². The second-order valence-corrected chi connectivity index (χ2v) is 3.01. The molecule has 0 amide bonds. The van der Waals surface area contributed by atoms with Crippen LogP contribution in [0.2, 0.25) is 0 Å². The zero-order valence-corrected chi connectivity index (χ0v) is 8.17. The lowest BCUT2D eigenvalue weighted by Crippen LogP contribution is -2.31. The van der Waals surface area contributed by atoms with Crippen LogP contribution in [0.3, 0.4) is 0 Å². The molecule has 1 unspecified atom stereocenters. The van der Waals surface area contributed by atoms with E-state index in [1.807, 2.05) is 0 Å². The third kappa shape index (κ3) is 3.26. The van der Waals surface area contributed by atoms with Crippen LogP contribution in [0.1, 0.15) is 12.6 Å². The first-order valence-corrected chi connectivity index (χ1v) is 4.13. The topological polar surface area (TPSA) is 61.0 Å². The van der Waals surface area contributed by atoms with Crippen molar-refractivity contribution in [3.05, 3.63) is 11.8 Å². The number of hydrogen-bond donors (Lipinski definition) is 1. The molecule has 15 heavy (non-hydrogen) atoms. The van der Waals surface area contributed by atoms with Crippen molar-refractivity contribution in [1.82, 2.24) is 9.97 Å². The summed E-state index contributed by atoms with van der Waals surface area (Å²) in [6.45, 7) is 2.48. The second kappa shape index (κ2) is 3.92. The van der Waals surface area contributed by atoms with Crippen LogP contribution >= 0.6 is 0 Å². The summed E-state index contributed by atoms with van der Waals surface area (Å²) in [6.07, 6.45) is -6.35. The molecule has 0 bridgehead atoms. The van der Waals surface area contributed by atoms with Gasteiger partial charge in [-0.05, 0) is 13.8 Å². The number of aryl methyl sites for hydroxylation is 1. The van der Waals surface area contributed by atoms with Crippen molar-refractivity contribution >= 4 is 5.95 Å². The molecule has 0 aliphatic rings. The van der Waals surface area contributed by atoms with Crippen LogP contribution in [0.5, 0.6) is 5.88 Å². The van der Waals surface area contributed by atoms with E-state index in [1.165, 1.54) is 6.07 Å². The van der Waals surface area contributed by atoms with Crippen molar-refractivity contribution in [2.45, 2.75) is 26.1 Å². The average Bonchev–Trinajstić information content (AvgIpc) is 1.99. The highest BCUT2D eigenvalue weighted by molar-refractivity contribution is 5.25. The molecule has 4 nitrogen and oxygen atoms in total. The van der Waals surface area contributed by atoms with Gasteiger partial charge in [0.2, 0.25) is 11.8 Å². The minimum Gasteiger partial charge on any atom is -0.465 e. The van der Waals surface area contributed by atoms with Crippen molar-refractivity contribution < 1.29 is 17.9 Å². The van der Waals surface area contributed by atoms with Crippen molar-refractivity contribution in [1.29, 1.82) is 0 Å². The summed E-state index contributed by atoms with van der Waals surface area (Å²) < 4.78 is 41.0. The van der Waals surface area contributed by atoms with Gasteiger partial charge in [0, 0.05) is 11.8 Å². The Hall–Kier alpha value is -1.53. The fraction of sp³-hybridized carbons (Fsp3) is 0.500. The molecule has 0 saturated carbocycles. The molecule has 0 aliphatic carbocycles. The van der Waals surface area contributed by atoms with Crippen LogP contribution in [0.25, 0.3) is 0 Å². The number of alkyl halides is 3. The summed E-state index contributed by atoms with van der Waals surface area (Å²) in [5, 5.41) is 0. The number of halogens is 3. The smallest absolute Gasteiger partial charge is 0.425 e. The average molecular weight is 221 g/mol. The van der Waals surface area contributed by atoms with Gasteiger partial charge in [-0.15, -0.1) is 0 Å². The molecule has 1 aromatic heterocycles. The molecule has 0 aliphatic heterocycles. The maximum atomic E-state index is 12.1. The van der Waals surface area contributed by atoms with Gasteiger partial charge >= 0.3 is 6.18 Å². The Balaban J connectivity index is 2.81. The first-order chi connectivity index (χ1) is 6.79. The van der Waals surface area contributed by atoms with Gasteiger partial charge in [-0.1, -0.05) is 0 Å². The van der Waals surface area contributed by atoms with Crippen LogP contribution in [-0.2, 0) is 0 Å². The SMILES string of the molecule is Cc1cc(OC(C)C(F)(F)F)nc(N)n1. The van der Waals surface area contributed by atoms with Crippen LogP contribution < -0.4 is 10.5 Å². The predicted molar refractivity (Wildman–Crippen MR) is 47.3 cm³/mol. The van der Waals surface area contributed by atoms with E-state index >= 15 is 0 Å². The van der Waals surface area contributed by atoms with E-state index in [1.54, 1.807) is 6.92 Å². The second-order valence-electron chi connectivity index (χ2n) is 3.01. The normalized spacial score (nSPS) is 13.7. The minimum atomic E-state index is -4.42. The molecule has 0 spiro atoms. The summed E-state index contributed by atoms with van der Waals surface area (Å²) in [6, 6.07) is 1.29. The highest BCUT2D eigenvalue weighted by atomic mass is 19.4. The minimum absolute atomic E-state index is 0.112. The van der Waals surface area contributed by atoms with Crippen LogP contribution in [0.15, 0.2) is 6.07 Å². The van der Waals surface area contributed by atoms with Gasteiger partial charge in [0.25, 0.3) is 0 Å². The Morgan fingerprint density at radius 1 is 1.40 bits per heavy atom. The highest BCUT2D eigenvalue weighted by Crippen LogP contribution is 2.24. The lowest BCUT2D eigenvalue weighted by molar-refractivity contribution is -0.189. The molecule has 0 saturated heterocycles. The van der Waals surface area contributed by atoms with Crippen LogP contribution in [0.4, 0.5) is 19.1 Å². The molecule has 0 aromatic carbocycles. The lowest BCUT2D eigenvalue weighted by atomic mass is 10.4. The quantitative estimate of drug-likeness (QED) is 0.825. The molecule has 84 valence electrons. The summed E-state index contributed by atoms with van der Waals surface area (Å²) in [5.41, 5.74) is 5.71. The summed E-state index contributed by atoms with van der Waals surface area (Å²) in [5.74, 6) is -0.288. The van der Waals surface area contributed by atoms with Gasteiger partial charge in [0.15, 0.2) is 6.10 Å². The summed E-state index contributed by atoms with van der Waals surface area (Å²) in [7, 11) is 0. The van der Waals surface area contributed by atoms with Crippen molar-refractivity contribution in [2.24, 2.45) is 0 Å². The van der Waals surface area contributed by atoms with Gasteiger partial charge in [-0.3, -0.25) is 0 Å². The first-order valence-electron chi connectivity index (χ1n) is 4.13. The molecule has 2 N–H and O–H groups in total. The maximum absolute atomic E-state index is 12.1. The molecule has 1 atom stereocenters. The molecule has 7 heteroatoms. The Morgan fingerprint density at radius 3 is 2.47 bits per heavy atom. The number of nitrogen functional groups attached to an aromatic ring is 1. The van der Waals surface area contributed by atoms with Gasteiger partial charge < -0.3 is 10.5 Å². The van der Waals surface area contributed by atoms with E-state index in [0.29, 0.717) is 5.69 Å². The van der Waals surface area contributed by atoms with E-state index in [0.717, 1.165) is 6.92 Å². The van der Waals surface area contributed by atoms with Gasteiger partial charge in [0.1, 0.15) is 0 Å². The number of aromatic nitrogens is 2. The zero-order valence-electron chi connectivity index (χ0n) is 8.17. The van der Waals surface area contributed by atoms with Crippen molar-refractivity contribution in [3.63, 3.8) is 0 Å². The Bertz CT molecular complexity index is 333. The molecule has 0 fully saturated rings. The molecule has 1 aromatic rings. The van der Waals surface area contributed by atoms with Crippen molar-refractivity contribution in [2.75, 3.05) is 5.73 Å². The lowest BCUT2D eigenvalue weighted by Gasteiger charge is -2.16. The van der Waals surface area contributed by atoms with E-state index in [2.05, 4.69) is 14.7 Å². The van der Waals surface area contributed by atoms with Crippen LogP contribution in [0, 0.1) is 6.92 Å². The molecule has 0 radical (unpaired) electrons. The Labute approximate surface area is 84.3 Å². The molecular weight excluding hydrogens is 211 g/mol. The van der Waals surface area contributed by atoms with Gasteiger partial charge in [-0.25, -0.2) is 4.98 Å². The van der Waals surface area contributed by atoms with E-state index < -0.39 is 12.3 Å². The first kappa shape index (κ1) is 11.5. The summed E-state index contributed by atoms with van der Waals surface area (Å²) in [4.78, 5) is 7.24. The number of nitrogens with two attached hydrogens (primary N) is 1. The fourth-order valence-electron chi connectivity index (χ4n) is 0.870. The zero-order chi connectivity index (χ0) is 11.6. The maximum Gasteiger partial charge on any atom is 0.425 e. The molecule has 1 rings (SSSR count). The van der Waals surface area contributed by atoms with E-state index in [4.69, 9.17) is 5.73 Å². The fourth-order valence-corrected chi connectivity index (χ4v) is 0.870. The van der Waals surface area contributed by atoms with Gasteiger partial charge in [-0.2, -0.15) is 18.2 Å². The number of anilines is 1. The monoisotopic (exact) mass is 221 g/mol. The largest absolute Gasteiger partial charge is 0.465 e. The summed E-state index contributed by atoms with van der Waals surface area (Å²) >= 11 is 0. The standard InChI is InChI=1S/C8H10F3N3O/c1-4-3-6(14-7(12)13-4)15-5(2)8(9,10)11/h3,5H,1-2H3,(H2,12,13,14). The number of nitrogens with zero attached hydrogens (tertiary/aromatic N) is 2. The van der Waals surface area contributed by atoms with E-state index in [9.17, 15) is 13.2 Å².